The van der Waals surface area contributed by atoms with Gasteiger partial charge in [0.25, 0.3) is 5.56 Å². The number of phenolic OH excluding ortho intramolecular Hbond substituents is 1. The summed E-state index contributed by atoms with van der Waals surface area (Å²) in [7, 11) is 3.84. The van der Waals surface area contributed by atoms with E-state index in [2.05, 4.69) is 4.98 Å². The molecule has 5 rings (SSSR count). The number of carboxylic acid groups (broad SMARTS) is 1. The van der Waals surface area contributed by atoms with Crippen LogP contribution < -0.4 is 16.2 Å². The van der Waals surface area contributed by atoms with Crippen LogP contribution in [0.5, 0.6) is 5.75 Å². The fraction of sp³-hybridized carbons (Fsp3) is 0.333. The number of hydrogen-bond acceptors (Lipinski definition) is 8. The highest BCUT2D eigenvalue weighted by molar-refractivity contribution is 8.01. The first-order valence-corrected chi connectivity index (χ1v) is 14.3. The summed E-state index contributed by atoms with van der Waals surface area (Å²) in [5.74, 6) is -2.22. The number of pyridine rings is 1. The third-order valence-corrected chi connectivity index (χ3v) is 9.35. The second-order valence-corrected chi connectivity index (χ2v) is 13.0. The summed E-state index contributed by atoms with van der Waals surface area (Å²) in [6.07, 6.45) is 0. The minimum atomic E-state index is -1.19. The van der Waals surface area contributed by atoms with Gasteiger partial charge in [0.05, 0.1) is 6.54 Å². The summed E-state index contributed by atoms with van der Waals surface area (Å²) in [6.45, 7) is 3.29. The van der Waals surface area contributed by atoms with Crippen LogP contribution in [0.15, 0.2) is 65.5 Å². The monoisotopic (exact) mass is 591 g/mol. The van der Waals surface area contributed by atoms with Gasteiger partial charge in [0.15, 0.2) is 0 Å². The first-order valence-electron chi connectivity index (χ1n) is 13.4. The SMILES string of the molecule is CN(C)c1cccc(-c2ccc(CN(C(=O)C(N)c3ccc(O)cc3)[C@@H]3C(=O)N4[C@@H]3SC(C)(C)[C@@H]4C(=O)O)c(=O)[nH]2)c1. The number of carbonyl (C=O) groups is 3. The number of H-pyrrole nitrogens is 1. The molecule has 12 heteroatoms. The molecule has 220 valence electrons. The second-order valence-electron chi connectivity index (χ2n) is 11.2. The maximum absolute atomic E-state index is 13.9. The smallest absolute Gasteiger partial charge is 0.327 e. The molecule has 0 radical (unpaired) electrons. The van der Waals surface area contributed by atoms with E-state index in [4.69, 9.17) is 5.73 Å². The molecule has 0 saturated carbocycles. The number of fused-ring (bicyclic) bond motifs is 1. The number of nitrogens with zero attached hydrogens (tertiary/aromatic N) is 3. The minimum absolute atomic E-state index is 0.00658. The molecule has 2 amide bonds. The molecule has 0 spiro atoms. The molecule has 2 fully saturated rings. The van der Waals surface area contributed by atoms with E-state index in [1.54, 1.807) is 26.0 Å². The zero-order chi connectivity index (χ0) is 30.5. The van der Waals surface area contributed by atoms with Gasteiger partial charge in [-0.2, -0.15) is 0 Å². The Morgan fingerprint density at radius 2 is 1.79 bits per heavy atom. The van der Waals surface area contributed by atoms with Crippen molar-refractivity contribution in [2.75, 3.05) is 19.0 Å². The van der Waals surface area contributed by atoms with E-state index in [-0.39, 0.29) is 17.9 Å². The maximum atomic E-state index is 13.9. The van der Waals surface area contributed by atoms with Crippen molar-refractivity contribution in [3.8, 4) is 17.0 Å². The normalized spacial score (nSPS) is 21.3. The number of β-lactam (4-membered cyclic amide) rings is 1. The number of aliphatic carboxylic acids is 1. The van der Waals surface area contributed by atoms with Crippen molar-refractivity contribution in [1.82, 2.24) is 14.8 Å². The quantitative estimate of drug-likeness (QED) is 0.288. The first-order chi connectivity index (χ1) is 19.8. The number of aromatic amines is 1. The Balaban J connectivity index is 1.49. The number of benzene rings is 2. The zero-order valence-corrected chi connectivity index (χ0v) is 24.5. The van der Waals surface area contributed by atoms with Crippen LogP contribution >= 0.6 is 11.8 Å². The molecule has 4 atom stereocenters. The van der Waals surface area contributed by atoms with Crippen molar-refractivity contribution < 1.29 is 24.6 Å². The molecule has 11 nitrogen and oxygen atoms in total. The van der Waals surface area contributed by atoms with Gasteiger partial charge >= 0.3 is 5.97 Å². The Morgan fingerprint density at radius 3 is 2.40 bits per heavy atom. The molecule has 2 aliphatic heterocycles. The topological polar surface area (TPSA) is 160 Å². The van der Waals surface area contributed by atoms with Crippen molar-refractivity contribution in [2.45, 2.75) is 48.6 Å². The fourth-order valence-electron chi connectivity index (χ4n) is 5.53. The molecule has 5 N–H and O–H groups in total. The number of thioether (sulfide) groups is 1. The molecular formula is C30H33N5O6S. The lowest BCUT2D eigenvalue weighted by atomic mass is 9.94. The van der Waals surface area contributed by atoms with Crippen molar-refractivity contribution in [3.05, 3.63) is 82.1 Å². The van der Waals surface area contributed by atoms with E-state index in [1.807, 2.05) is 43.3 Å². The Kier molecular flexibility index (Phi) is 7.54. The summed E-state index contributed by atoms with van der Waals surface area (Å²) in [5.41, 5.74) is 8.96. The summed E-state index contributed by atoms with van der Waals surface area (Å²) >= 11 is 1.31. The molecule has 2 aromatic carbocycles. The molecular weight excluding hydrogens is 558 g/mol. The number of anilines is 1. The van der Waals surface area contributed by atoms with Crippen LogP contribution in [-0.4, -0.2) is 79.1 Å². The predicted molar refractivity (Wildman–Crippen MR) is 160 cm³/mol. The first kappa shape index (κ1) is 29.2. The number of rotatable bonds is 8. The summed E-state index contributed by atoms with van der Waals surface area (Å²) in [6, 6.07) is 13.6. The third-order valence-electron chi connectivity index (χ3n) is 7.79. The third kappa shape index (κ3) is 5.12. The largest absolute Gasteiger partial charge is 0.508 e. The Labute approximate surface area is 246 Å². The highest BCUT2D eigenvalue weighted by Gasteiger charge is 2.65. The molecule has 2 aliphatic rings. The minimum Gasteiger partial charge on any atom is -0.508 e. The molecule has 42 heavy (non-hydrogen) atoms. The van der Waals surface area contributed by atoms with E-state index in [0.717, 1.165) is 11.3 Å². The molecule has 3 aromatic rings. The van der Waals surface area contributed by atoms with Gasteiger partial charge in [0.1, 0.15) is 29.2 Å². The summed E-state index contributed by atoms with van der Waals surface area (Å²) in [4.78, 5) is 60.2. The van der Waals surface area contributed by atoms with Crippen LogP contribution in [0.3, 0.4) is 0 Å². The average Bonchev–Trinajstić information content (AvgIpc) is 3.20. The lowest BCUT2D eigenvalue weighted by Gasteiger charge is -2.48. The van der Waals surface area contributed by atoms with Gasteiger partial charge in [-0.05, 0) is 55.8 Å². The Morgan fingerprint density at radius 1 is 1.10 bits per heavy atom. The van der Waals surface area contributed by atoms with Crippen molar-refractivity contribution in [1.29, 1.82) is 0 Å². The molecule has 3 heterocycles. The van der Waals surface area contributed by atoms with E-state index in [1.165, 1.54) is 45.8 Å². The number of nitrogens with two attached hydrogens (primary N) is 1. The molecule has 2 saturated heterocycles. The molecule has 0 bridgehead atoms. The Bertz CT molecular complexity index is 1600. The number of carbonyl (C=O) groups excluding carboxylic acids is 2. The van der Waals surface area contributed by atoms with E-state index in [9.17, 15) is 29.4 Å². The number of hydrogen-bond donors (Lipinski definition) is 4. The van der Waals surface area contributed by atoms with Gasteiger partial charge in [0.2, 0.25) is 11.8 Å². The summed E-state index contributed by atoms with van der Waals surface area (Å²) in [5, 5.41) is 18.9. The highest BCUT2D eigenvalue weighted by Crippen LogP contribution is 2.52. The average molecular weight is 592 g/mol. The van der Waals surface area contributed by atoms with Crippen LogP contribution in [0.4, 0.5) is 5.69 Å². The second kappa shape index (κ2) is 10.8. The van der Waals surface area contributed by atoms with Crippen molar-refractivity contribution >= 4 is 35.2 Å². The lowest BCUT2D eigenvalue weighted by molar-refractivity contribution is -0.169. The molecule has 1 aromatic heterocycles. The standard InChI is InChI=1S/C30H33N5O6S/c1-30(2)24(29(40)41)35-27(39)23(28(35)42-30)34(26(38)22(31)16-8-11-20(36)12-9-16)15-18-10-13-21(32-25(18)37)17-6-5-7-19(14-17)33(3)4/h5-14,22-24,28,36H,15,31H2,1-4H3,(H,32,37)(H,40,41)/t22?,23-,24+,28-/m1/s1. The van der Waals surface area contributed by atoms with Crippen LogP contribution in [0.1, 0.15) is 31.0 Å². The van der Waals surface area contributed by atoms with E-state index in [0.29, 0.717) is 11.3 Å². The van der Waals surface area contributed by atoms with Gasteiger partial charge in [-0.25, -0.2) is 4.79 Å². The number of amides is 2. The van der Waals surface area contributed by atoms with Crippen LogP contribution in [0, 0.1) is 0 Å². The number of aromatic nitrogens is 1. The van der Waals surface area contributed by atoms with Crippen LogP contribution in [-0.2, 0) is 20.9 Å². The van der Waals surface area contributed by atoms with Gasteiger partial charge in [0, 0.05) is 41.4 Å². The molecule has 1 unspecified atom stereocenters. The van der Waals surface area contributed by atoms with E-state index < -0.39 is 51.6 Å². The van der Waals surface area contributed by atoms with Crippen LogP contribution in [0.2, 0.25) is 0 Å². The lowest BCUT2D eigenvalue weighted by Crippen LogP contribution is -2.71. The number of nitrogens with one attached hydrogen (secondary N) is 1. The number of phenols is 1. The van der Waals surface area contributed by atoms with E-state index >= 15 is 0 Å². The van der Waals surface area contributed by atoms with Gasteiger partial charge in [-0.1, -0.05) is 24.3 Å². The maximum Gasteiger partial charge on any atom is 0.327 e. The predicted octanol–water partition coefficient (Wildman–Crippen LogP) is 2.36. The van der Waals surface area contributed by atoms with Gasteiger partial charge in [-0.15, -0.1) is 11.8 Å². The van der Waals surface area contributed by atoms with Crippen molar-refractivity contribution in [2.24, 2.45) is 5.73 Å². The van der Waals surface area contributed by atoms with Gasteiger partial charge in [-0.3, -0.25) is 14.4 Å². The fourth-order valence-corrected chi connectivity index (χ4v) is 7.22. The number of carboxylic acids is 1. The molecule has 0 aliphatic carbocycles. The van der Waals surface area contributed by atoms with Crippen molar-refractivity contribution in [3.63, 3.8) is 0 Å². The summed E-state index contributed by atoms with van der Waals surface area (Å²) < 4.78 is -0.797. The van der Waals surface area contributed by atoms with Crippen LogP contribution in [0.25, 0.3) is 11.3 Å². The van der Waals surface area contributed by atoms with Gasteiger partial charge < -0.3 is 35.6 Å². The zero-order valence-electron chi connectivity index (χ0n) is 23.6. The Hall–Kier alpha value is -4.29. The number of aromatic hydroxyl groups is 1. The highest BCUT2D eigenvalue weighted by atomic mass is 32.2.